The third kappa shape index (κ3) is 5.88. The molecule has 0 spiro atoms. The number of aryl methyl sites for hydroxylation is 1. The molecule has 0 unspecified atom stereocenters. The molecular weight excluding hydrogens is 310 g/mol. The minimum absolute atomic E-state index is 0.00270. The van der Waals surface area contributed by atoms with Gasteiger partial charge < -0.3 is 14.8 Å². The summed E-state index contributed by atoms with van der Waals surface area (Å²) in [6.45, 7) is 3.43. The minimum Gasteiger partial charge on any atom is -0.478 e. The molecule has 1 aromatic heterocycles. The Morgan fingerprint density at radius 3 is 2.55 bits per heavy atom. The first kappa shape index (κ1) is 18.2. The van der Waals surface area contributed by atoms with Crippen LogP contribution in [0.25, 0.3) is 0 Å². The summed E-state index contributed by atoms with van der Waals surface area (Å²) in [5.74, 6) is -1.80. The zero-order valence-electron chi connectivity index (χ0n) is 12.7. The van der Waals surface area contributed by atoms with Gasteiger partial charge in [-0.25, -0.2) is 13.2 Å². The molecule has 0 atom stereocenters. The van der Waals surface area contributed by atoms with E-state index in [0.29, 0.717) is 6.42 Å². The Morgan fingerprint density at radius 2 is 2.00 bits per heavy atom. The zero-order valence-corrected chi connectivity index (χ0v) is 13.5. The van der Waals surface area contributed by atoms with E-state index in [1.165, 1.54) is 13.0 Å². The van der Waals surface area contributed by atoms with Gasteiger partial charge in [0.25, 0.3) is 0 Å². The number of carbonyl (C=O) groups is 2. The highest BCUT2D eigenvalue weighted by molar-refractivity contribution is 7.92. The Bertz CT molecular complexity index is 632. The highest BCUT2D eigenvalue weighted by Gasteiger charge is 2.18. The second-order valence-corrected chi connectivity index (χ2v) is 7.25. The molecule has 7 nitrogen and oxygen atoms in total. The summed E-state index contributed by atoms with van der Waals surface area (Å²) >= 11 is 0. The van der Waals surface area contributed by atoms with Gasteiger partial charge in [0, 0.05) is 0 Å². The number of carboxylic acid groups (broad SMARTS) is 1. The number of aromatic carboxylic acids is 1. The highest BCUT2D eigenvalue weighted by atomic mass is 32.2. The fourth-order valence-electron chi connectivity index (χ4n) is 1.92. The van der Waals surface area contributed by atoms with Gasteiger partial charge in [-0.3, -0.25) is 4.79 Å². The van der Waals surface area contributed by atoms with Crippen LogP contribution in [0.4, 0.5) is 0 Å². The zero-order chi connectivity index (χ0) is 16.8. The van der Waals surface area contributed by atoms with Crippen molar-refractivity contribution < 1.29 is 27.5 Å². The molecule has 8 heteroatoms. The van der Waals surface area contributed by atoms with E-state index in [0.717, 1.165) is 12.8 Å². The summed E-state index contributed by atoms with van der Waals surface area (Å²) in [4.78, 5) is 22.5. The first-order valence-electron chi connectivity index (χ1n) is 7.05. The van der Waals surface area contributed by atoms with Crippen LogP contribution in [-0.4, -0.2) is 36.9 Å². The van der Waals surface area contributed by atoms with Crippen molar-refractivity contribution in [2.75, 3.05) is 11.5 Å². The number of hydrogen-bond acceptors (Lipinski definition) is 5. The molecule has 1 heterocycles. The predicted molar refractivity (Wildman–Crippen MR) is 80.4 cm³/mol. The number of carbonyl (C=O) groups excluding carboxylic acids is 1. The van der Waals surface area contributed by atoms with E-state index >= 15 is 0 Å². The van der Waals surface area contributed by atoms with Crippen molar-refractivity contribution in [3.63, 3.8) is 0 Å². The minimum atomic E-state index is -3.41. The van der Waals surface area contributed by atoms with E-state index in [-0.39, 0.29) is 29.4 Å². The van der Waals surface area contributed by atoms with E-state index in [1.807, 2.05) is 6.92 Å². The molecule has 2 N–H and O–H groups in total. The van der Waals surface area contributed by atoms with Gasteiger partial charge in [-0.1, -0.05) is 19.8 Å². The fraction of sp³-hybridized carbons (Fsp3) is 0.571. The lowest BCUT2D eigenvalue weighted by molar-refractivity contribution is -0.118. The SMILES string of the molecule is CCCCCS(=O)(=O)CC(=O)NCc1cc(C(=O)O)c(C)o1. The summed E-state index contributed by atoms with van der Waals surface area (Å²) in [6, 6.07) is 1.31. The van der Waals surface area contributed by atoms with Crippen LogP contribution in [0.2, 0.25) is 0 Å². The van der Waals surface area contributed by atoms with E-state index in [9.17, 15) is 18.0 Å². The maximum atomic E-state index is 11.7. The average molecular weight is 331 g/mol. The topological polar surface area (TPSA) is 114 Å². The van der Waals surface area contributed by atoms with Crippen molar-refractivity contribution in [2.24, 2.45) is 0 Å². The van der Waals surface area contributed by atoms with Crippen molar-refractivity contribution in [3.8, 4) is 0 Å². The molecule has 0 aliphatic carbocycles. The van der Waals surface area contributed by atoms with Crippen LogP contribution in [0.15, 0.2) is 10.5 Å². The average Bonchev–Trinajstić information content (AvgIpc) is 2.77. The largest absolute Gasteiger partial charge is 0.478 e. The van der Waals surface area contributed by atoms with E-state index in [1.54, 1.807) is 0 Å². The van der Waals surface area contributed by atoms with Gasteiger partial charge in [0.2, 0.25) is 5.91 Å². The molecule has 0 fully saturated rings. The molecule has 0 aliphatic heterocycles. The van der Waals surface area contributed by atoms with Crippen LogP contribution in [-0.2, 0) is 21.2 Å². The number of hydrogen-bond donors (Lipinski definition) is 2. The van der Waals surface area contributed by atoms with E-state index < -0.39 is 27.5 Å². The van der Waals surface area contributed by atoms with Gasteiger partial charge >= 0.3 is 5.97 Å². The van der Waals surface area contributed by atoms with Gasteiger partial charge in [-0.2, -0.15) is 0 Å². The summed E-state index contributed by atoms with van der Waals surface area (Å²) in [5.41, 5.74) is 0.0245. The van der Waals surface area contributed by atoms with Crippen molar-refractivity contribution >= 4 is 21.7 Å². The predicted octanol–water partition coefficient (Wildman–Crippen LogP) is 1.51. The Hall–Kier alpha value is -1.83. The first-order valence-corrected chi connectivity index (χ1v) is 8.87. The second kappa shape index (κ2) is 7.98. The maximum absolute atomic E-state index is 11.7. The lowest BCUT2D eigenvalue weighted by atomic mass is 10.2. The van der Waals surface area contributed by atoms with Crippen LogP contribution >= 0.6 is 0 Å². The number of sulfone groups is 1. The molecule has 0 aliphatic rings. The molecule has 124 valence electrons. The van der Waals surface area contributed by atoms with Crippen LogP contribution in [0.3, 0.4) is 0 Å². The monoisotopic (exact) mass is 331 g/mol. The molecule has 1 rings (SSSR count). The van der Waals surface area contributed by atoms with Gasteiger partial charge in [0.05, 0.1) is 12.3 Å². The number of amides is 1. The molecule has 0 saturated carbocycles. The molecule has 0 radical (unpaired) electrons. The Balaban J connectivity index is 2.49. The smallest absolute Gasteiger partial charge is 0.339 e. The highest BCUT2D eigenvalue weighted by Crippen LogP contribution is 2.14. The van der Waals surface area contributed by atoms with Gasteiger partial charge in [0.15, 0.2) is 9.84 Å². The van der Waals surface area contributed by atoms with Gasteiger partial charge in [-0.15, -0.1) is 0 Å². The van der Waals surface area contributed by atoms with Gasteiger partial charge in [-0.05, 0) is 19.4 Å². The number of nitrogens with one attached hydrogen (secondary N) is 1. The second-order valence-electron chi connectivity index (χ2n) is 5.06. The lowest BCUT2D eigenvalue weighted by Crippen LogP contribution is -2.30. The summed E-state index contributed by atoms with van der Waals surface area (Å²) < 4.78 is 28.6. The quantitative estimate of drug-likeness (QED) is 0.663. The van der Waals surface area contributed by atoms with Crippen LogP contribution in [0, 0.1) is 6.92 Å². The van der Waals surface area contributed by atoms with E-state index in [4.69, 9.17) is 9.52 Å². The van der Waals surface area contributed by atoms with Crippen LogP contribution < -0.4 is 5.32 Å². The molecule has 1 aromatic rings. The number of unbranched alkanes of at least 4 members (excludes halogenated alkanes) is 2. The molecule has 22 heavy (non-hydrogen) atoms. The maximum Gasteiger partial charge on any atom is 0.339 e. The molecule has 1 amide bonds. The van der Waals surface area contributed by atoms with E-state index in [2.05, 4.69) is 5.32 Å². The van der Waals surface area contributed by atoms with Crippen LogP contribution in [0.5, 0.6) is 0 Å². The normalized spacial score (nSPS) is 11.4. The molecule has 0 bridgehead atoms. The van der Waals surface area contributed by atoms with Crippen molar-refractivity contribution in [1.29, 1.82) is 0 Å². The third-order valence-corrected chi connectivity index (χ3v) is 4.68. The lowest BCUT2D eigenvalue weighted by Gasteiger charge is -2.05. The number of carboxylic acids is 1. The Kier molecular flexibility index (Phi) is 6.61. The number of rotatable bonds is 9. The molecular formula is C14H21NO6S. The van der Waals surface area contributed by atoms with Crippen molar-refractivity contribution in [3.05, 3.63) is 23.2 Å². The van der Waals surface area contributed by atoms with Gasteiger partial charge in [0.1, 0.15) is 22.8 Å². The van der Waals surface area contributed by atoms with Crippen LogP contribution in [0.1, 0.15) is 48.1 Å². The standard InChI is InChI=1S/C14H21NO6S/c1-3-4-5-6-22(19,20)9-13(16)15-8-11-7-12(14(17)18)10(2)21-11/h7H,3-6,8-9H2,1-2H3,(H,15,16)(H,17,18). The summed E-state index contributed by atoms with van der Waals surface area (Å²) in [7, 11) is -3.41. The Morgan fingerprint density at radius 1 is 1.32 bits per heavy atom. The summed E-state index contributed by atoms with van der Waals surface area (Å²) in [6.07, 6.45) is 2.27. The third-order valence-electron chi connectivity index (χ3n) is 3.07. The van der Waals surface area contributed by atoms with Crippen molar-refractivity contribution in [1.82, 2.24) is 5.32 Å². The molecule has 0 aromatic carbocycles. The molecule has 0 saturated heterocycles. The Labute approximate surface area is 129 Å². The summed E-state index contributed by atoms with van der Waals surface area (Å²) in [5, 5.41) is 11.3. The fourth-order valence-corrected chi connectivity index (χ4v) is 3.21. The first-order chi connectivity index (χ1) is 10.2. The van der Waals surface area contributed by atoms with Crippen molar-refractivity contribution in [2.45, 2.75) is 39.7 Å². The number of furan rings is 1.